The summed E-state index contributed by atoms with van der Waals surface area (Å²) in [5.41, 5.74) is 0.940. The molecule has 2 aromatic heterocycles. The molecule has 2 aliphatic heterocycles. The topological polar surface area (TPSA) is 135 Å². The lowest BCUT2D eigenvalue weighted by molar-refractivity contribution is -0.122. The summed E-state index contributed by atoms with van der Waals surface area (Å²) in [6, 6.07) is 3.18. The minimum absolute atomic E-state index is 0.238. The molecule has 0 saturated carbocycles. The smallest absolute Gasteiger partial charge is 0.290 e. The maximum atomic E-state index is 12.4. The van der Waals surface area contributed by atoms with Crippen LogP contribution in [0.4, 0.5) is 0 Å². The van der Waals surface area contributed by atoms with Crippen molar-refractivity contribution in [1.29, 1.82) is 0 Å². The molecule has 0 aromatic carbocycles. The molecule has 0 radical (unpaired) electrons. The summed E-state index contributed by atoms with van der Waals surface area (Å²) in [5.74, 6) is -0.257. The predicted octanol–water partition coefficient (Wildman–Crippen LogP) is -1.31. The van der Waals surface area contributed by atoms with Crippen LogP contribution in [0.1, 0.15) is 10.4 Å². The molecule has 2 aliphatic rings. The predicted molar refractivity (Wildman–Crippen MR) is 78.4 cm³/mol. The van der Waals surface area contributed by atoms with Crippen LogP contribution in [0.25, 0.3) is 5.65 Å². The third-order valence-electron chi connectivity index (χ3n) is 3.91. The minimum atomic E-state index is -0.628. The number of aromatic nitrogens is 3. The van der Waals surface area contributed by atoms with Gasteiger partial charge in [-0.1, -0.05) is 0 Å². The Morgan fingerprint density at radius 1 is 1.38 bits per heavy atom. The Bertz CT molecular complexity index is 735. The number of carboxylic acid groups (broad SMARTS) is 1. The number of pyridine rings is 1. The summed E-state index contributed by atoms with van der Waals surface area (Å²) >= 11 is 0. The summed E-state index contributed by atoms with van der Waals surface area (Å²) in [7, 11) is 0. The third-order valence-corrected chi connectivity index (χ3v) is 3.91. The van der Waals surface area contributed by atoms with E-state index in [9.17, 15) is 9.90 Å². The zero-order chi connectivity index (χ0) is 17.1. The number of amides is 1. The van der Waals surface area contributed by atoms with Crippen molar-refractivity contribution in [3.63, 3.8) is 0 Å². The van der Waals surface area contributed by atoms with E-state index in [1.807, 2.05) is 0 Å². The summed E-state index contributed by atoms with van der Waals surface area (Å²) in [5, 5.41) is 27.2. The van der Waals surface area contributed by atoms with Crippen LogP contribution < -0.4 is 5.32 Å². The molecule has 3 N–H and O–H groups in total. The first-order valence-electron chi connectivity index (χ1n) is 7.24. The summed E-state index contributed by atoms with van der Waals surface area (Å²) in [6.45, 7) is 0.315. The lowest BCUT2D eigenvalue weighted by Crippen LogP contribution is -2.44. The van der Waals surface area contributed by atoms with E-state index in [1.165, 1.54) is 6.33 Å². The molecule has 2 aromatic rings. The van der Waals surface area contributed by atoms with Crippen molar-refractivity contribution in [2.45, 2.75) is 24.4 Å². The van der Waals surface area contributed by atoms with Crippen molar-refractivity contribution in [2.75, 3.05) is 13.2 Å². The highest BCUT2D eigenvalue weighted by molar-refractivity contribution is 5.99. The number of carbonyl (C=O) groups excluding carboxylic acids is 1. The van der Waals surface area contributed by atoms with Crippen LogP contribution in [-0.4, -0.2) is 74.8 Å². The van der Waals surface area contributed by atoms with Gasteiger partial charge in [-0.3, -0.25) is 14.0 Å². The van der Waals surface area contributed by atoms with Gasteiger partial charge in [0.1, 0.15) is 24.6 Å². The molecule has 4 rings (SSSR count). The molecular formula is C14H16N4O6. The third kappa shape index (κ3) is 2.94. The molecular weight excluding hydrogens is 320 g/mol. The lowest BCUT2D eigenvalue weighted by Gasteiger charge is -2.17. The summed E-state index contributed by atoms with van der Waals surface area (Å²) in [6.07, 6.45) is 2.02. The van der Waals surface area contributed by atoms with Crippen molar-refractivity contribution in [3.05, 3.63) is 30.2 Å². The molecule has 24 heavy (non-hydrogen) atoms. The van der Waals surface area contributed by atoms with Crippen LogP contribution in [0.3, 0.4) is 0 Å². The van der Waals surface area contributed by atoms with E-state index in [4.69, 9.17) is 19.4 Å². The van der Waals surface area contributed by atoms with Crippen LogP contribution in [0.2, 0.25) is 0 Å². The van der Waals surface area contributed by atoms with Gasteiger partial charge < -0.3 is 25.0 Å². The largest absolute Gasteiger partial charge is 0.483 e. The maximum Gasteiger partial charge on any atom is 0.290 e. The van der Waals surface area contributed by atoms with Gasteiger partial charge in [0.05, 0.1) is 24.8 Å². The van der Waals surface area contributed by atoms with Gasteiger partial charge >= 0.3 is 0 Å². The first kappa shape index (κ1) is 16.3. The number of hydrogen-bond donors (Lipinski definition) is 3. The molecule has 1 amide bonds. The Morgan fingerprint density at radius 2 is 2.12 bits per heavy atom. The standard InChI is InChI=1S/C13H14N4O4.CH2O2/c18-9-5-21-10-8(4-20-11(9)10)15-13(19)7-2-1-3-17-6-14-16-12(7)17;2-1-3/h1-3,6,8-11,18H,4-5H2,(H,15,19);1H,(H,2,3)/t8-,9+,10+,11+;/m0./s1. The number of rotatable bonds is 2. The average molecular weight is 336 g/mol. The Balaban J connectivity index is 0.000000526. The molecule has 0 unspecified atom stereocenters. The Labute approximate surface area is 136 Å². The highest BCUT2D eigenvalue weighted by Gasteiger charge is 2.47. The van der Waals surface area contributed by atoms with Crippen LogP contribution in [0.5, 0.6) is 0 Å². The van der Waals surface area contributed by atoms with Crippen LogP contribution in [0, 0.1) is 0 Å². The lowest BCUT2D eigenvalue weighted by atomic mass is 10.1. The molecule has 128 valence electrons. The van der Waals surface area contributed by atoms with Crippen LogP contribution in [0.15, 0.2) is 24.7 Å². The zero-order valence-corrected chi connectivity index (χ0v) is 12.5. The second-order valence-electron chi connectivity index (χ2n) is 5.33. The fourth-order valence-corrected chi connectivity index (χ4v) is 2.88. The van der Waals surface area contributed by atoms with Crippen molar-refractivity contribution >= 4 is 18.0 Å². The molecule has 2 fully saturated rings. The molecule has 0 spiro atoms. The van der Waals surface area contributed by atoms with Gasteiger partial charge in [0.2, 0.25) is 0 Å². The summed E-state index contributed by atoms with van der Waals surface area (Å²) in [4.78, 5) is 20.8. The van der Waals surface area contributed by atoms with E-state index in [0.29, 0.717) is 17.8 Å². The molecule has 0 aliphatic carbocycles. The van der Waals surface area contributed by atoms with Gasteiger partial charge in [-0.2, -0.15) is 0 Å². The van der Waals surface area contributed by atoms with Crippen LogP contribution >= 0.6 is 0 Å². The monoisotopic (exact) mass is 336 g/mol. The molecule has 4 heterocycles. The highest BCUT2D eigenvalue weighted by Crippen LogP contribution is 2.27. The quantitative estimate of drug-likeness (QED) is 0.575. The number of ether oxygens (including phenoxy) is 2. The number of carbonyl (C=O) groups is 2. The van der Waals surface area contributed by atoms with E-state index in [0.717, 1.165) is 0 Å². The van der Waals surface area contributed by atoms with Gasteiger partial charge in [-0.05, 0) is 12.1 Å². The fraction of sp³-hybridized carbons (Fsp3) is 0.429. The van der Waals surface area contributed by atoms with E-state index in [2.05, 4.69) is 15.5 Å². The Kier molecular flexibility index (Phi) is 4.69. The Hall–Kier alpha value is -2.56. The minimum Gasteiger partial charge on any atom is -0.483 e. The second-order valence-corrected chi connectivity index (χ2v) is 5.33. The van der Waals surface area contributed by atoms with E-state index in [1.54, 1.807) is 22.7 Å². The molecule has 0 bridgehead atoms. The van der Waals surface area contributed by atoms with Crippen molar-refractivity contribution < 1.29 is 29.3 Å². The normalized spacial score (nSPS) is 28.0. The van der Waals surface area contributed by atoms with Crippen LogP contribution in [-0.2, 0) is 14.3 Å². The second kappa shape index (κ2) is 6.91. The van der Waals surface area contributed by atoms with E-state index in [-0.39, 0.29) is 37.2 Å². The number of fused-ring (bicyclic) bond motifs is 2. The van der Waals surface area contributed by atoms with E-state index < -0.39 is 6.10 Å². The fourth-order valence-electron chi connectivity index (χ4n) is 2.88. The first-order chi connectivity index (χ1) is 11.7. The summed E-state index contributed by atoms with van der Waals surface area (Å²) < 4.78 is 12.7. The van der Waals surface area contributed by atoms with Gasteiger partial charge in [-0.25, -0.2) is 0 Å². The highest BCUT2D eigenvalue weighted by atomic mass is 16.6. The van der Waals surface area contributed by atoms with Gasteiger partial charge in [0.25, 0.3) is 12.4 Å². The molecule has 4 atom stereocenters. The van der Waals surface area contributed by atoms with Crippen molar-refractivity contribution in [2.24, 2.45) is 0 Å². The SMILES string of the molecule is O=C(N[C@H]1CO[C@H]2[C@@H]1OC[C@H]2O)c1cccn2cnnc12.O=CO. The number of hydrogen-bond acceptors (Lipinski definition) is 7. The van der Waals surface area contributed by atoms with Gasteiger partial charge in [0, 0.05) is 6.20 Å². The van der Waals surface area contributed by atoms with Crippen molar-refractivity contribution in [1.82, 2.24) is 19.9 Å². The first-order valence-corrected chi connectivity index (χ1v) is 7.24. The number of nitrogens with zero attached hydrogens (tertiary/aromatic N) is 3. The van der Waals surface area contributed by atoms with Gasteiger partial charge in [-0.15, -0.1) is 10.2 Å². The van der Waals surface area contributed by atoms with Crippen molar-refractivity contribution in [3.8, 4) is 0 Å². The molecule has 10 nitrogen and oxygen atoms in total. The zero-order valence-electron chi connectivity index (χ0n) is 12.5. The number of aliphatic hydroxyl groups excluding tert-OH is 1. The average Bonchev–Trinajstić information content (AvgIpc) is 3.27. The number of nitrogens with one attached hydrogen (secondary N) is 1. The molecule has 10 heteroatoms. The molecule has 2 saturated heterocycles. The Morgan fingerprint density at radius 3 is 2.92 bits per heavy atom. The maximum absolute atomic E-state index is 12.4. The van der Waals surface area contributed by atoms with E-state index >= 15 is 0 Å². The van der Waals surface area contributed by atoms with Gasteiger partial charge in [0.15, 0.2) is 5.65 Å². The number of aliphatic hydroxyl groups is 1.